The minimum absolute atomic E-state index is 0.627. The molecule has 5 aromatic carbocycles. The van der Waals surface area contributed by atoms with Crippen LogP contribution in [0.4, 0.5) is 0 Å². The van der Waals surface area contributed by atoms with Gasteiger partial charge in [-0.3, -0.25) is 0 Å². The van der Waals surface area contributed by atoms with Crippen molar-refractivity contribution < 1.29 is 5.11 Å². The van der Waals surface area contributed by atoms with Gasteiger partial charge in [-0.2, -0.15) is 0 Å². The number of fused-ring (bicyclic) bond motifs is 3. The molecule has 0 spiro atoms. The molecule has 0 saturated heterocycles. The van der Waals surface area contributed by atoms with Crippen LogP contribution in [0.25, 0.3) is 45.0 Å². The predicted molar refractivity (Wildman–Crippen MR) is 160 cm³/mol. The van der Waals surface area contributed by atoms with Gasteiger partial charge in [-0.25, -0.2) is 9.97 Å². The van der Waals surface area contributed by atoms with Crippen LogP contribution < -0.4 is 0 Å². The van der Waals surface area contributed by atoms with E-state index in [1.807, 2.05) is 115 Å². The Hall–Kier alpha value is -4.38. The molecule has 4 heteroatoms. The molecule has 1 N–H and O–H groups in total. The lowest BCUT2D eigenvalue weighted by Crippen LogP contribution is -2.28. The molecule has 0 fully saturated rings. The van der Waals surface area contributed by atoms with E-state index in [9.17, 15) is 5.11 Å². The van der Waals surface area contributed by atoms with E-state index in [0.29, 0.717) is 17.1 Å². The fourth-order valence-electron chi connectivity index (χ4n) is 5.62. The van der Waals surface area contributed by atoms with E-state index in [1.54, 1.807) is 0 Å². The smallest absolute Gasteiger partial charge is 0.160 e. The van der Waals surface area contributed by atoms with Crippen molar-refractivity contribution in [2.24, 2.45) is 0 Å². The summed E-state index contributed by atoms with van der Waals surface area (Å²) in [5, 5.41) is 13.1. The van der Waals surface area contributed by atoms with Crippen LogP contribution in [0.3, 0.4) is 0 Å². The Labute approximate surface area is 235 Å². The number of aliphatic hydroxyl groups is 1. The second kappa shape index (κ2) is 9.42. The summed E-state index contributed by atoms with van der Waals surface area (Å²) in [5.41, 5.74) is 7.08. The quantitative estimate of drug-likeness (QED) is 0.232. The second-order valence-corrected chi connectivity index (χ2v) is 10.6. The van der Waals surface area contributed by atoms with E-state index in [2.05, 4.69) is 34.1 Å². The van der Waals surface area contributed by atoms with Gasteiger partial charge in [0.25, 0.3) is 0 Å². The zero-order valence-corrected chi connectivity index (χ0v) is 22.5. The number of aromatic nitrogens is 2. The van der Waals surface area contributed by atoms with Gasteiger partial charge in [-0.1, -0.05) is 137 Å². The van der Waals surface area contributed by atoms with Gasteiger partial charge in [0, 0.05) is 37.9 Å². The topological polar surface area (TPSA) is 46.0 Å². The first-order valence-electron chi connectivity index (χ1n) is 12.9. The minimum Gasteiger partial charge on any atom is -0.376 e. The van der Waals surface area contributed by atoms with Gasteiger partial charge < -0.3 is 5.11 Å². The number of hydrogen-bond donors (Lipinski definition) is 1. The summed E-state index contributed by atoms with van der Waals surface area (Å²) < 4.78 is 0.980. The summed E-state index contributed by atoms with van der Waals surface area (Å²) in [6.07, 6.45) is 0. The molecular weight excluding hydrogens is 544 g/mol. The van der Waals surface area contributed by atoms with Gasteiger partial charge in [0.05, 0.1) is 11.4 Å². The summed E-state index contributed by atoms with van der Waals surface area (Å²) in [7, 11) is 0. The van der Waals surface area contributed by atoms with E-state index in [1.165, 1.54) is 0 Å². The summed E-state index contributed by atoms with van der Waals surface area (Å²) in [5.74, 6) is 0.627. The van der Waals surface area contributed by atoms with Crippen molar-refractivity contribution in [2.45, 2.75) is 5.60 Å². The SMILES string of the molecule is OC1(c2ccccc2-c2ccccc2)c2ccccc2-c2nc(-c3ccccc3)nc(-c3ccc(Br)cc3)c21. The highest BCUT2D eigenvalue weighted by atomic mass is 79.9. The van der Waals surface area contributed by atoms with E-state index < -0.39 is 5.60 Å². The van der Waals surface area contributed by atoms with E-state index in [0.717, 1.165) is 49.1 Å². The highest BCUT2D eigenvalue weighted by Gasteiger charge is 2.48. The van der Waals surface area contributed by atoms with Gasteiger partial charge in [0.2, 0.25) is 0 Å². The third kappa shape index (κ3) is 3.84. The van der Waals surface area contributed by atoms with E-state index in [-0.39, 0.29) is 0 Å². The van der Waals surface area contributed by atoms with Crippen molar-refractivity contribution in [1.82, 2.24) is 9.97 Å². The van der Waals surface area contributed by atoms with Crippen LogP contribution in [-0.4, -0.2) is 15.1 Å². The van der Waals surface area contributed by atoms with Crippen LogP contribution in [-0.2, 0) is 5.60 Å². The molecule has 0 amide bonds. The highest BCUT2D eigenvalue weighted by molar-refractivity contribution is 9.10. The van der Waals surface area contributed by atoms with Crippen molar-refractivity contribution in [3.05, 3.63) is 155 Å². The fraction of sp³-hybridized carbons (Fsp3) is 0.0286. The molecule has 1 atom stereocenters. The molecule has 0 bridgehead atoms. The Morgan fingerprint density at radius 2 is 1.00 bits per heavy atom. The van der Waals surface area contributed by atoms with Crippen molar-refractivity contribution in [2.75, 3.05) is 0 Å². The first kappa shape index (κ1) is 23.7. The van der Waals surface area contributed by atoms with Crippen LogP contribution >= 0.6 is 15.9 Å². The molecule has 1 heterocycles. The lowest BCUT2D eigenvalue weighted by Gasteiger charge is -2.30. The highest BCUT2D eigenvalue weighted by Crippen LogP contribution is 2.55. The van der Waals surface area contributed by atoms with Crippen LogP contribution in [0.5, 0.6) is 0 Å². The summed E-state index contributed by atoms with van der Waals surface area (Å²) in [4.78, 5) is 10.2. The molecule has 7 rings (SSSR count). The molecule has 1 unspecified atom stereocenters. The fourth-order valence-corrected chi connectivity index (χ4v) is 5.88. The lowest BCUT2D eigenvalue weighted by atomic mass is 9.79. The molecule has 1 aromatic heterocycles. The maximum atomic E-state index is 13.1. The molecule has 39 heavy (non-hydrogen) atoms. The summed E-state index contributed by atoms with van der Waals surface area (Å²) in [6, 6.07) is 44.4. The Kier molecular flexibility index (Phi) is 5.73. The lowest BCUT2D eigenvalue weighted by molar-refractivity contribution is 0.131. The molecule has 0 radical (unpaired) electrons. The molecule has 3 nitrogen and oxygen atoms in total. The Morgan fingerprint density at radius 1 is 0.487 bits per heavy atom. The molecule has 186 valence electrons. The maximum Gasteiger partial charge on any atom is 0.160 e. The Bertz CT molecular complexity index is 1820. The zero-order valence-electron chi connectivity index (χ0n) is 20.9. The van der Waals surface area contributed by atoms with Crippen LogP contribution in [0.1, 0.15) is 16.7 Å². The van der Waals surface area contributed by atoms with Crippen LogP contribution in [0.15, 0.2) is 138 Å². The van der Waals surface area contributed by atoms with Gasteiger partial charge in [-0.05, 0) is 23.3 Å². The number of nitrogens with zero attached hydrogens (tertiary/aromatic N) is 2. The van der Waals surface area contributed by atoms with Crippen molar-refractivity contribution in [3.63, 3.8) is 0 Å². The van der Waals surface area contributed by atoms with Gasteiger partial charge in [0.15, 0.2) is 5.82 Å². The Morgan fingerprint density at radius 3 is 1.67 bits per heavy atom. The van der Waals surface area contributed by atoms with E-state index in [4.69, 9.17) is 9.97 Å². The number of rotatable bonds is 4. The zero-order chi connectivity index (χ0) is 26.4. The summed E-state index contributed by atoms with van der Waals surface area (Å²) >= 11 is 3.57. The summed E-state index contributed by atoms with van der Waals surface area (Å²) in [6.45, 7) is 0. The monoisotopic (exact) mass is 566 g/mol. The molecule has 0 aliphatic heterocycles. The van der Waals surface area contributed by atoms with Gasteiger partial charge >= 0.3 is 0 Å². The van der Waals surface area contributed by atoms with Gasteiger partial charge in [0.1, 0.15) is 5.60 Å². The number of hydrogen-bond acceptors (Lipinski definition) is 3. The number of benzene rings is 5. The molecule has 0 saturated carbocycles. The van der Waals surface area contributed by atoms with Crippen LogP contribution in [0, 0.1) is 0 Å². The molecular formula is C35H23BrN2O. The molecule has 6 aromatic rings. The maximum absolute atomic E-state index is 13.1. The standard InChI is InChI=1S/C35H23BrN2O/c36-26-21-19-24(20-22-26)32-31-33(38-34(37-32)25-13-5-2-6-14-25)28-16-8-10-18-30(28)35(31,39)29-17-9-7-15-27(29)23-11-3-1-4-12-23/h1-22,39H. The average molecular weight is 567 g/mol. The minimum atomic E-state index is -1.46. The van der Waals surface area contributed by atoms with Crippen molar-refractivity contribution in [3.8, 4) is 45.0 Å². The van der Waals surface area contributed by atoms with Crippen LogP contribution in [0.2, 0.25) is 0 Å². The first-order chi connectivity index (χ1) is 19.1. The van der Waals surface area contributed by atoms with E-state index >= 15 is 0 Å². The van der Waals surface area contributed by atoms with Gasteiger partial charge in [-0.15, -0.1) is 0 Å². The largest absolute Gasteiger partial charge is 0.376 e. The van der Waals surface area contributed by atoms with Crippen molar-refractivity contribution >= 4 is 15.9 Å². The third-order valence-corrected chi connectivity index (χ3v) is 7.92. The second-order valence-electron chi connectivity index (χ2n) is 9.66. The normalized spacial score (nSPS) is 15.5. The molecule has 1 aliphatic carbocycles. The Balaban J connectivity index is 1.59. The average Bonchev–Trinajstić information content (AvgIpc) is 3.27. The molecule has 1 aliphatic rings. The number of halogens is 1. The first-order valence-corrected chi connectivity index (χ1v) is 13.6. The predicted octanol–water partition coefficient (Wildman–Crippen LogP) is 8.50. The van der Waals surface area contributed by atoms with Crippen molar-refractivity contribution in [1.29, 1.82) is 0 Å². The third-order valence-electron chi connectivity index (χ3n) is 7.39.